The summed E-state index contributed by atoms with van der Waals surface area (Å²) < 4.78 is 1.76. The molecule has 0 atom stereocenters. The molecule has 0 aromatic carbocycles. The molecule has 0 spiro atoms. The predicted octanol–water partition coefficient (Wildman–Crippen LogP) is -0.106. The topological polar surface area (TPSA) is 116 Å². The maximum absolute atomic E-state index is 11.8. The summed E-state index contributed by atoms with van der Waals surface area (Å²) in [5, 5.41) is 16.0. The van der Waals surface area contributed by atoms with E-state index in [-0.39, 0.29) is 5.70 Å². The summed E-state index contributed by atoms with van der Waals surface area (Å²) >= 11 is 0. The number of nitrogens with one attached hydrogen (secondary N) is 4. The first kappa shape index (κ1) is 16.1. The fourth-order valence-electron chi connectivity index (χ4n) is 3.30. The summed E-state index contributed by atoms with van der Waals surface area (Å²) in [4.78, 5) is 30.2. The number of carbonyl (C=O) groups excluding carboxylic acids is 2. The summed E-state index contributed by atoms with van der Waals surface area (Å²) in [7, 11) is 0. The van der Waals surface area contributed by atoms with Crippen molar-refractivity contribution in [1.82, 2.24) is 30.5 Å². The summed E-state index contributed by atoms with van der Waals surface area (Å²) in [5.41, 5.74) is 1.52. The van der Waals surface area contributed by atoms with E-state index in [1.165, 1.54) is 0 Å². The van der Waals surface area contributed by atoms with E-state index < -0.39 is 11.9 Å². The first-order valence-electron chi connectivity index (χ1n) is 9.12. The highest BCUT2D eigenvalue weighted by atomic mass is 16.2. The SMILES string of the molecule is O=C1NC(=O)/C(=C/c2cnn3c(NC4CC4)cc(N4CCNCC4)nc23)N1. The molecule has 5 rings (SSSR count). The van der Waals surface area contributed by atoms with Crippen LogP contribution in [0.2, 0.25) is 0 Å². The first-order valence-corrected chi connectivity index (χ1v) is 9.12. The molecule has 3 fully saturated rings. The van der Waals surface area contributed by atoms with E-state index in [0.29, 0.717) is 17.3 Å². The molecule has 2 aromatic heterocycles. The quantitative estimate of drug-likeness (QED) is 0.440. The Balaban J connectivity index is 1.58. The first-order chi connectivity index (χ1) is 13.2. The lowest BCUT2D eigenvalue weighted by Gasteiger charge is -2.28. The zero-order valence-corrected chi connectivity index (χ0v) is 14.7. The third kappa shape index (κ3) is 3.08. The molecule has 1 saturated carbocycles. The number of fused-ring (bicyclic) bond motifs is 1. The molecule has 27 heavy (non-hydrogen) atoms. The zero-order valence-electron chi connectivity index (χ0n) is 14.7. The fourth-order valence-corrected chi connectivity index (χ4v) is 3.30. The third-order valence-corrected chi connectivity index (χ3v) is 4.88. The number of hydrogen-bond donors (Lipinski definition) is 4. The molecule has 2 saturated heterocycles. The van der Waals surface area contributed by atoms with Gasteiger partial charge in [-0.05, 0) is 18.9 Å². The molecule has 4 heterocycles. The molecule has 4 N–H and O–H groups in total. The predicted molar refractivity (Wildman–Crippen MR) is 99.4 cm³/mol. The molecule has 2 aromatic rings. The molecule has 1 aliphatic carbocycles. The largest absolute Gasteiger partial charge is 0.367 e. The van der Waals surface area contributed by atoms with Crippen LogP contribution in [0.4, 0.5) is 16.4 Å². The number of imide groups is 1. The van der Waals surface area contributed by atoms with Gasteiger partial charge >= 0.3 is 6.03 Å². The van der Waals surface area contributed by atoms with E-state index in [2.05, 4.69) is 31.3 Å². The van der Waals surface area contributed by atoms with Gasteiger partial charge in [0.05, 0.1) is 6.20 Å². The molecule has 10 nitrogen and oxygen atoms in total. The number of piperazine rings is 1. The number of nitrogens with zero attached hydrogens (tertiary/aromatic N) is 4. The summed E-state index contributed by atoms with van der Waals surface area (Å²) in [6, 6.07) is 1.98. The average Bonchev–Trinajstić information content (AvgIpc) is 3.31. The number of anilines is 2. The van der Waals surface area contributed by atoms with Gasteiger partial charge in [0.15, 0.2) is 5.65 Å². The second-order valence-electron chi connectivity index (χ2n) is 6.96. The van der Waals surface area contributed by atoms with E-state index in [4.69, 9.17) is 4.98 Å². The Morgan fingerprint density at radius 1 is 1.19 bits per heavy atom. The van der Waals surface area contributed by atoms with Gasteiger partial charge in [-0.2, -0.15) is 9.61 Å². The van der Waals surface area contributed by atoms with Crippen molar-refractivity contribution < 1.29 is 9.59 Å². The fraction of sp³-hybridized carbons (Fsp3) is 0.412. The Labute approximate surface area is 155 Å². The minimum atomic E-state index is -0.520. The van der Waals surface area contributed by atoms with Crippen molar-refractivity contribution in [2.45, 2.75) is 18.9 Å². The minimum absolute atomic E-state index is 0.195. The van der Waals surface area contributed by atoms with Crippen LogP contribution in [-0.4, -0.2) is 58.8 Å². The van der Waals surface area contributed by atoms with Crippen LogP contribution in [0, 0.1) is 0 Å². The Hall–Kier alpha value is -3.14. The Morgan fingerprint density at radius 2 is 2.00 bits per heavy atom. The highest BCUT2D eigenvalue weighted by Crippen LogP contribution is 2.28. The van der Waals surface area contributed by atoms with Crippen LogP contribution in [0.3, 0.4) is 0 Å². The van der Waals surface area contributed by atoms with E-state index in [0.717, 1.165) is 50.7 Å². The summed E-state index contributed by atoms with van der Waals surface area (Å²) in [6.07, 6.45) is 5.57. The van der Waals surface area contributed by atoms with Gasteiger partial charge in [-0.1, -0.05) is 0 Å². The smallest absolute Gasteiger partial charge is 0.326 e. The zero-order chi connectivity index (χ0) is 18.4. The average molecular weight is 368 g/mol. The molecule has 3 aliphatic rings. The van der Waals surface area contributed by atoms with E-state index >= 15 is 0 Å². The standard InChI is InChI=1S/C17H20N8O2/c26-16-12(21-17(27)23-16)7-10-9-19-25-14(20-11-1-2-11)8-13(22-15(10)25)24-5-3-18-4-6-24/h7-9,11,18,20H,1-6H2,(H2,21,23,26,27)/b12-7-. The second kappa shape index (κ2) is 6.23. The molecule has 10 heteroatoms. The van der Waals surface area contributed by atoms with Gasteiger partial charge in [0.2, 0.25) is 0 Å². The Kier molecular flexibility index (Phi) is 3.71. The molecule has 2 aliphatic heterocycles. The van der Waals surface area contributed by atoms with Gasteiger partial charge in [0.1, 0.15) is 17.3 Å². The van der Waals surface area contributed by atoms with Gasteiger partial charge in [0, 0.05) is 43.9 Å². The number of carbonyl (C=O) groups is 2. The monoisotopic (exact) mass is 368 g/mol. The summed E-state index contributed by atoms with van der Waals surface area (Å²) in [6.45, 7) is 3.60. The van der Waals surface area contributed by atoms with Gasteiger partial charge in [-0.25, -0.2) is 9.78 Å². The summed E-state index contributed by atoms with van der Waals surface area (Å²) in [5.74, 6) is 1.32. The van der Waals surface area contributed by atoms with Crippen LogP contribution in [0.5, 0.6) is 0 Å². The van der Waals surface area contributed by atoms with Crippen molar-refractivity contribution in [3.63, 3.8) is 0 Å². The number of rotatable bonds is 4. The lowest BCUT2D eigenvalue weighted by molar-refractivity contribution is -0.115. The van der Waals surface area contributed by atoms with Crippen LogP contribution in [0.25, 0.3) is 11.7 Å². The highest BCUT2D eigenvalue weighted by molar-refractivity contribution is 6.14. The maximum Gasteiger partial charge on any atom is 0.326 e. The van der Waals surface area contributed by atoms with Gasteiger partial charge in [0.25, 0.3) is 5.91 Å². The van der Waals surface area contributed by atoms with Crippen LogP contribution in [0.1, 0.15) is 18.4 Å². The lowest BCUT2D eigenvalue weighted by atomic mass is 10.2. The number of amides is 3. The number of aromatic nitrogens is 3. The van der Waals surface area contributed by atoms with Gasteiger partial charge in [-0.3, -0.25) is 10.1 Å². The van der Waals surface area contributed by atoms with E-state index in [1.54, 1.807) is 16.8 Å². The van der Waals surface area contributed by atoms with Crippen molar-refractivity contribution in [3.05, 3.63) is 23.5 Å². The minimum Gasteiger partial charge on any atom is -0.367 e. The molecular weight excluding hydrogens is 348 g/mol. The van der Waals surface area contributed by atoms with Gasteiger partial charge in [-0.15, -0.1) is 0 Å². The third-order valence-electron chi connectivity index (χ3n) is 4.88. The van der Waals surface area contributed by atoms with Crippen molar-refractivity contribution in [3.8, 4) is 0 Å². The van der Waals surface area contributed by atoms with Crippen LogP contribution < -0.4 is 26.2 Å². The molecule has 0 radical (unpaired) electrons. The molecule has 140 valence electrons. The van der Waals surface area contributed by atoms with Crippen LogP contribution >= 0.6 is 0 Å². The molecule has 3 amide bonds. The normalized spacial score (nSPS) is 21.6. The van der Waals surface area contributed by atoms with E-state index in [1.807, 2.05) is 6.07 Å². The maximum atomic E-state index is 11.8. The van der Waals surface area contributed by atoms with E-state index in [9.17, 15) is 9.59 Å². The Bertz CT molecular complexity index is 955. The molecule has 0 unspecified atom stereocenters. The van der Waals surface area contributed by atoms with Crippen molar-refractivity contribution >= 4 is 35.3 Å². The van der Waals surface area contributed by atoms with Crippen molar-refractivity contribution in [1.29, 1.82) is 0 Å². The van der Waals surface area contributed by atoms with Crippen LogP contribution in [-0.2, 0) is 4.79 Å². The highest BCUT2D eigenvalue weighted by Gasteiger charge is 2.26. The van der Waals surface area contributed by atoms with Gasteiger partial charge < -0.3 is 20.9 Å². The molecule has 0 bridgehead atoms. The number of hydrogen-bond acceptors (Lipinski definition) is 7. The molecular formula is C17H20N8O2. The van der Waals surface area contributed by atoms with Crippen molar-refractivity contribution in [2.75, 3.05) is 36.4 Å². The number of urea groups is 1. The second-order valence-corrected chi connectivity index (χ2v) is 6.96. The lowest BCUT2D eigenvalue weighted by Crippen LogP contribution is -2.44. The van der Waals surface area contributed by atoms with Crippen LogP contribution in [0.15, 0.2) is 18.0 Å². The Morgan fingerprint density at radius 3 is 2.70 bits per heavy atom. The van der Waals surface area contributed by atoms with Crippen molar-refractivity contribution in [2.24, 2.45) is 0 Å².